The number of aromatic hydroxyl groups is 1. The molecule has 3 N–H and O–H groups in total. The highest BCUT2D eigenvalue weighted by atomic mass is 127. The summed E-state index contributed by atoms with van der Waals surface area (Å²) < 4.78 is 0. The topological polar surface area (TPSA) is 59.9 Å². The fourth-order valence-electron chi connectivity index (χ4n) is 3.30. The first kappa shape index (κ1) is 23.0. The van der Waals surface area contributed by atoms with Gasteiger partial charge in [0.1, 0.15) is 5.75 Å². The minimum absolute atomic E-state index is 0. The molecular weight excluding hydrogens is 439 g/mol. The summed E-state index contributed by atoms with van der Waals surface area (Å²) in [5.41, 5.74) is 1.11. The monoisotopic (exact) mass is 474 g/mol. The number of phenolic OH excluding ortho intramolecular Hbond substituents is 1. The van der Waals surface area contributed by atoms with Gasteiger partial charge in [-0.2, -0.15) is 0 Å². The lowest BCUT2D eigenvalue weighted by molar-refractivity contribution is 0.187. The lowest BCUT2D eigenvalue weighted by Gasteiger charge is -2.34. The van der Waals surface area contributed by atoms with Crippen LogP contribution < -0.4 is 10.6 Å². The number of piperidine rings is 1. The van der Waals surface area contributed by atoms with Gasteiger partial charge < -0.3 is 20.6 Å². The SMILES string of the molecule is CCNC(=NCCc1cccc(O)c1)NC1CCN(CC(C)C)CC1.I. The summed E-state index contributed by atoms with van der Waals surface area (Å²) in [7, 11) is 0. The van der Waals surface area contributed by atoms with E-state index in [1.807, 2.05) is 12.1 Å². The molecule has 1 aliphatic heterocycles. The van der Waals surface area contributed by atoms with Crippen LogP contribution in [0.4, 0.5) is 0 Å². The van der Waals surface area contributed by atoms with Crippen LogP contribution in [0, 0.1) is 5.92 Å². The van der Waals surface area contributed by atoms with Crippen LogP contribution in [0.5, 0.6) is 5.75 Å². The first-order chi connectivity index (χ1) is 12.1. The Bertz CT molecular complexity index is 542. The summed E-state index contributed by atoms with van der Waals surface area (Å²) in [5.74, 6) is 1.96. The number of hydrogen-bond acceptors (Lipinski definition) is 3. The highest BCUT2D eigenvalue weighted by Gasteiger charge is 2.20. The van der Waals surface area contributed by atoms with E-state index in [0.29, 0.717) is 18.3 Å². The number of phenols is 1. The summed E-state index contributed by atoms with van der Waals surface area (Å²) in [6, 6.07) is 7.91. The van der Waals surface area contributed by atoms with Crippen LogP contribution in [0.3, 0.4) is 0 Å². The van der Waals surface area contributed by atoms with Crippen LogP contribution in [-0.2, 0) is 6.42 Å². The second kappa shape index (κ2) is 12.4. The van der Waals surface area contributed by atoms with E-state index >= 15 is 0 Å². The minimum atomic E-state index is 0. The Kier molecular flexibility index (Phi) is 11.0. The van der Waals surface area contributed by atoms with Gasteiger partial charge in [-0.3, -0.25) is 4.99 Å². The summed E-state index contributed by atoms with van der Waals surface area (Å²) in [4.78, 5) is 7.26. The highest BCUT2D eigenvalue weighted by Crippen LogP contribution is 2.13. The number of nitrogens with one attached hydrogen (secondary N) is 2. The van der Waals surface area contributed by atoms with Crippen LogP contribution in [0.15, 0.2) is 29.3 Å². The Morgan fingerprint density at radius 1 is 1.31 bits per heavy atom. The minimum Gasteiger partial charge on any atom is -0.508 e. The van der Waals surface area contributed by atoms with E-state index in [2.05, 4.69) is 36.3 Å². The predicted octanol–water partition coefficient (Wildman–Crippen LogP) is 3.23. The van der Waals surface area contributed by atoms with Crippen molar-refractivity contribution in [3.8, 4) is 5.75 Å². The standard InChI is InChI=1S/C20H34N4O.HI/c1-4-21-20(22-11-8-17-6-5-7-19(25)14-17)23-18-9-12-24(13-10-18)15-16(2)3;/h5-7,14,16,18,25H,4,8-13,15H2,1-3H3,(H2,21,22,23);1H. The average molecular weight is 474 g/mol. The number of halogens is 1. The molecule has 5 nitrogen and oxygen atoms in total. The van der Waals surface area contributed by atoms with E-state index in [1.165, 1.54) is 32.5 Å². The Hall–Kier alpha value is -1.02. The summed E-state index contributed by atoms with van der Waals surface area (Å²) in [6.45, 7) is 11.8. The number of rotatable bonds is 7. The molecule has 0 spiro atoms. The van der Waals surface area contributed by atoms with Crippen molar-refractivity contribution < 1.29 is 5.11 Å². The third-order valence-electron chi connectivity index (χ3n) is 4.48. The average Bonchev–Trinajstić information content (AvgIpc) is 2.56. The normalized spacial score (nSPS) is 16.4. The molecule has 1 fully saturated rings. The van der Waals surface area contributed by atoms with E-state index in [-0.39, 0.29) is 24.0 Å². The van der Waals surface area contributed by atoms with Gasteiger partial charge in [0, 0.05) is 38.8 Å². The molecular formula is C20H35IN4O. The van der Waals surface area contributed by atoms with Crippen molar-refractivity contribution in [2.75, 3.05) is 32.7 Å². The zero-order chi connectivity index (χ0) is 18.1. The number of likely N-dealkylation sites (tertiary alicyclic amines) is 1. The fourth-order valence-corrected chi connectivity index (χ4v) is 3.30. The van der Waals surface area contributed by atoms with Crippen molar-refractivity contribution in [2.24, 2.45) is 10.9 Å². The summed E-state index contributed by atoms with van der Waals surface area (Å²) in [5, 5.41) is 16.5. The first-order valence-corrected chi connectivity index (χ1v) is 9.62. The van der Waals surface area contributed by atoms with Gasteiger partial charge in [0.2, 0.25) is 0 Å². The third kappa shape index (κ3) is 8.58. The largest absolute Gasteiger partial charge is 0.508 e. The van der Waals surface area contributed by atoms with Crippen molar-refractivity contribution in [2.45, 2.75) is 46.1 Å². The highest BCUT2D eigenvalue weighted by molar-refractivity contribution is 14.0. The lowest BCUT2D eigenvalue weighted by Crippen LogP contribution is -2.49. The predicted molar refractivity (Wildman–Crippen MR) is 121 cm³/mol. The molecule has 0 saturated carbocycles. The molecule has 2 rings (SSSR count). The molecule has 26 heavy (non-hydrogen) atoms. The zero-order valence-corrected chi connectivity index (χ0v) is 18.7. The molecule has 1 aliphatic rings. The molecule has 1 heterocycles. The summed E-state index contributed by atoms with van der Waals surface area (Å²) in [6.07, 6.45) is 3.17. The van der Waals surface area contributed by atoms with Gasteiger partial charge >= 0.3 is 0 Å². The Morgan fingerprint density at radius 3 is 2.65 bits per heavy atom. The fraction of sp³-hybridized carbons (Fsp3) is 0.650. The molecule has 0 unspecified atom stereocenters. The maximum absolute atomic E-state index is 9.53. The Labute approximate surface area is 175 Å². The first-order valence-electron chi connectivity index (χ1n) is 9.62. The van der Waals surface area contributed by atoms with E-state index < -0.39 is 0 Å². The van der Waals surface area contributed by atoms with Crippen molar-refractivity contribution in [1.82, 2.24) is 15.5 Å². The maximum atomic E-state index is 9.53. The van der Waals surface area contributed by atoms with Gasteiger partial charge in [-0.05, 0) is 49.8 Å². The Morgan fingerprint density at radius 2 is 2.04 bits per heavy atom. The number of aliphatic imine (C=N–C) groups is 1. The molecule has 6 heteroatoms. The number of nitrogens with zero attached hydrogens (tertiary/aromatic N) is 2. The van der Waals surface area contributed by atoms with E-state index in [9.17, 15) is 5.11 Å². The van der Waals surface area contributed by atoms with Crippen LogP contribution in [-0.4, -0.2) is 54.7 Å². The van der Waals surface area contributed by atoms with Crippen LogP contribution in [0.25, 0.3) is 0 Å². The quantitative estimate of drug-likeness (QED) is 0.323. The number of hydrogen-bond donors (Lipinski definition) is 3. The molecule has 148 valence electrons. The molecule has 0 aromatic heterocycles. The molecule has 0 amide bonds. The molecule has 0 radical (unpaired) electrons. The Balaban J connectivity index is 0.00000338. The van der Waals surface area contributed by atoms with Crippen LogP contribution in [0.1, 0.15) is 39.2 Å². The van der Waals surface area contributed by atoms with Crippen LogP contribution in [0.2, 0.25) is 0 Å². The van der Waals surface area contributed by atoms with Gasteiger partial charge in [-0.25, -0.2) is 0 Å². The third-order valence-corrected chi connectivity index (χ3v) is 4.48. The number of benzene rings is 1. The van der Waals surface area contributed by atoms with Crippen molar-refractivity contribution >= 4 is 29.9 Å². The number of guanidine groups is 1. The smallest absolute Gasteiger partial charge is 0.191 e. The van der Waals surface area contributed by atoms with Crippen molar-refractivity contribution in [3.63, 3.8) is 0 Å². The second-order valence-electron chi connectivity index (χ2n) is 7.29. The lowest BCUT2D eigenvalue weighted by atomic mass is 10.0. The van der Waals surface area contributed by atoms with Gasteiger partial charge in [-0.1, -0.05) is 26.0 Å². The molecule has 1 saturated heterocycles. The molecule has 0 bridgehead atoms. The van der Waals surface area contributed by atoms with E-state index in [1.54, 1.807) is 12.1 Å². The zero-order valence-electron chi connectivity index (χ0n) is 16.4. The van der Waals surface area contributed by atoms with E-state index in [0.717, 1.165) is 30.4 Å². The van der Waals surface area contributed by atoms with Gasteiger partial charge in [-0.15, -0.1) is 24.0 Å². The maximum Gasteiger partial charge on any atom is 0.191 e. The van der Waals surface area contributed by atoms with Crippen molar-refractivity contribution in [3.05, 3.63) is 29.8 Å². The van der Waals surface area contributed by atoms with Crippen LogP contribution >= 0.6 is 24.0 Å². The second-order valence-corrected chi connectivity index (χ2v) is 7.29. The summed E-state index contributed by atoms with van der Waals surface area (Å²) >= 11 is 0. The molecule has 1 aromatic rings. The van der Waals surface area contributed by atoms with E-state index in [4.69, 9.17) is 4.99 Å². The van der Waals surface area contributed by atoms with Gasteiger partial charge in [0.05, 0.1) is 0 Å². The molecule has 0 atom stereocenters. The van der Waals surface area contributed by atoms with Gasteiger partial charge in [0.25, 0.3) is 0 Å². The van der Waals surface area contributed by atoms with Gasteiger partial charge in [0.15, 0.2) is 5.96 Å². The molecule has 0 aliphatic carbocycles. The molecule has 1 aromatic carbocycles. The van der Waals surface area contributed by atoms with Crippen molar-refractivity contribution in [1.29, 1.82) is 0 Å².